The number of rotatable bonds is 3. The standard InChI is InChI=1S/C15H19BrN2O3/c1-2-9-5-6-18(13(7-9)15(20)21)14(19)10-3-4-12(17)11(16)8-10/h3-4,8-9,13H,2,5-7,17H2,1H3,(H,20,21). The fraction of sp³-hybridized carbons (Fsp3) is 0.467. The van der Waals surface area contributed by atoms with Crippen molar-refractivity contribution in [3.63, 3.8) is 0 Å². The lowest BCUT2D eigenvalue weighted by atomic mass is 9.88. The molecule has 2 rings (SSSR count). The first kappa shape index (κ1) is 15.8. The van der Waals surface area contributed by atoms with Crippen molar-refractivity contribution >= 4 is 33.5 Å². The van der Waals surface area contributed by atoms with Gasteiger partial charge < -0.3 is 15.7 Å². The van der Waals surface area contributed by atoms with Gasteiger partial charge in [0.1, 0.15) is 6.04 Å². The highest BCUT2D eigenvalue weighted by molar-refractivity contribution is 9.10. The monoisotopic (exact) mass is 354 g/mol. The van der Waals surface area contributed by atoms with Crippen molar-refractivity contribution in [3.05, 3.63) is 28.2 Å². The smallest absolute Gasteiger partial charge is 0.326 e. The Morgan fingerprint density at radius 3 is 2.76 bits per heavy atom. The molecule has 1 saturated heterocycles. The van der Waals surface area contributed by atoms with Gasteiger partial charge in [-0.15, -0.1) is 0 Å². The molecule has 1 aliphatic rings. The number of carboxylic acids is 1. The lowest BCUT2D eigenvalue weighted by molar-refractivity contribution is -0.144. The first-order valence-corrected chi connectivity index (χ1v) is 7.82. The molecular formula is C15H19BrN2O3. The maximum Gasteiger partial charge on any atom is 0.326 e. The van der Waals surface area contributed by atoms with Gasteiger partial charge in [-0.05, 0) is 52.9 Å². The number of benzene rings is 1. The Morgan fingerprint density at radius 1 is 1.48 bits per heavy atom. The number of likely N-dealkylation sites (tertiary alicyclic amines) is 1. The van der Waals surface area contributed by atoms with Gasteiger partial charge in [-0.2, -0.15) is 0 Å². The molecule has 5 nitrogen and oxygen atoms in total. The Balaban J connectivity index is 2.24. The summed E-state index contributed by atoms with van der Waals surface area (Å²) in [5.74, 6) is -0.818. The van der Waals surface area contributed by atoms with E-state index in [9.17, 15) is 14.7 Å². The normalized spacial score (nSPS) is 22.1. The molecule has 114 valence electrons. The van der Waals surface area contributed by atoms with Crippen molar-refractivity contribution in [3.8, 4) is 0 Å². The molecule has 1 amide bonds. The van der Waals surface area contributed by atoms with Crippen LogP contribution in [0.25, 0.3) is 0 Å². The summed E-state index contributed by atoms with van der Waals surface area (Å²) in [6.45, 7) is 2.54. The maximum absolute atomic E-state index is 12.6. The summed E-state index contributed by atoms with van der Waals surface area (Å²) in [6.07, 6.45) is 2.31. The number of nitrogen functional groups attached to an aromatic ring is 1. The number of piperidine rings is 1. The fourth-order valence-corrected chi connectivity index (χ4v) is 3.09. The first-order chi connectivity index (χ1) is 9.93. The molecule has 0 spiro atoms. The van der Waals surface area contributed by atoms with Crippen molar-refractivity contribution in [2.75, 3.05) is 12.3 Å². The van der Waals surface area contributed by atoms with Gasteiger partial charge in [0, 0.05) is 22.3 Å². The third kappa shape index (κ3) is 3.37. The molecule has 0 saturated carbocycles. The van der Waals surface area contributed by atoms with Crippen LogP contribution in [0.15, 0.2) is 22.7 Å². The summed E-state index contributed by atoms with van der Waals surface area (Å²) in [7, 11) is 0. The number of carbonyl (C=O) groups is 2. The summed E-state index contributed by atoms with van der Waals surface area (Å²) in [6, 6.07) is 4.18. The van der Waals surface area contributed by atoms with Crippen LogP contribution in [0, 0.1) is 5.92 Å². The van der Waals surface area contributed by atoms with Gasteiger partial charge in [-0.1, -0.05) is 13.3 Å². The highest BCUT2D eigenvalue weighted by Crippen LogP contribution is 2.28. The zero-order chi connectivity index (χ0) is 15.6. The Bertz CT molecular complexity index is 562. The second-order valence-corrected chi connectivity index (χ2v) is 6.24. The summed E-state index contributed by atoms with van der Waals surface area (Å²) < 4.78 is 0.642. The molecule has 1 fully saturated rings. The first-order valence-electron chi connectivity index (χ1n) is 7.02. The zero-order valence-electron chi connectivity index (χ0n) is 11.9. The lowest BCUT2D eigenvalue weighted by Gasteiger charge is -2.37. The van der Waals surface area contributed by atoms with E-state index < -0.39 is 12.0 Å². The maximum atomic E-state index is 12.6. The topological polar surface area (TPSA) is 83.6 Å². The van der Waals surface area contributed by atoms with Crippen LogP contribution in [0.4, 0.5) is 5.69 Å². The van der Waals surface area contributed by atoms with E-state index in [0.29, 0.717) is 34.6 Å². The van der Waals surface area contributed by atoms with Crippen LogP contribution in [0.3, 0.4) is 0 Å². The van der Waals surface area contributed by atoms with Crippen molar-refractivity contribution < 1.29 is 14.7 Å². The average Bonchev–Trinajstić information content (AvgIpc) is 2.48. The molecule has 6 heteroatoms. The van der Waals surface area contributed by atoms with E-state index in [1.54, 1.807) is 18.2 Å². The Hall–Kier alpha value is -1.56. The van der Waals surface area contributed by atoms with Gasteiger partial charge in [-0.3, -0.25) is 4.79 Å². The second kappa shape index (κ2) is 6.47. The number of anilines is 1. The quantitative estimate of drug-likeness (QED) is 0.817. The lowest BCUT2D eigenvalue weighted by Crippen LogP contribution is -2.50. The van der Waals surface area contributed by atoms with Crippen LogP contribution in [-0.4, -0.2) is 34.5 Å². The molecule has 21 heavy (non-hydrogen) atoms. The molecule has 0 aromatic heterocycles. The molecule has 1 aromatic rings. The van der Waals surface area contributed by atoms with Gasteiger partial charge in [0.15, 0.2) is 0 Å². The number of hydrogen-bond donors (Lipinski definition) is 2. The highest BCUT2D eigenvalue weighted by Gasteiger charge is 2.35. The third-order valence-electron chi connectivity index (χ3n) is 4.08. The van der Waals surface area contributed by atoms with Crippen LogP contribution in [-0.2, 0) is 4.79 Å². The average molecular weight is 355 g/mol. The van der Waals surface area contributed by atoms with Crippen LogP contribution >= 0.6 is 15.9 Å². The number of carbonyl (C=O) groups excluding carboxylic acids is 1. The van der Waals surface area contributed by atoms with E-state index in [1.165, 1.54) is 4.90 Å². The Labute approximate surface area is 132 Å². The van der Waals surface area contributed by atoms with Gasteiger partial charge in [0.25, 0.3) is 5.91 Å². The number of halogens is 1. The van der Waals surface area contributed by atoms with Gasteiger partial charge >= 0.3 is 5.97 Å². The minimum absolute atomic E-state index is 0.252. The van der Waals surface area contributed by atoms with Crippen molar-refractivity contribution in [2.24, 2.45) is 5.92 Å². The molecule has 0 bridgehead atoms. The molecule has 2 atom stereocenters. The molecular weight excluding hydrogens is 336 g/mol. The Morgan fingerprint density at radius 2 is 2.19 bits per heavy atom. The molecule has 0 radical (unpaired) electrons. The SMILES string of the molecule is CCC1CCN(C(=O)c2ccc(N)c(Br)c2)C(C(=O)O)C1. The van der Waals surface area contributed by atoms with Crippen molar-refractivity contribution in [1.29, 1.82) is 0 Å². The highest BCUT2D eigenvalue weighted by atomic mass is 79.9. The van der Waals surface area contributed by atoms with Crippen molar-refractivity contribution in [2.45, 2.75) is 32.2 Å². The van der Waals surface area contributed by atoms with Crippen LogP contribution in [0.2, 0.25) is 0 Å². The van der Waals surface area contributed by atoms with Gasteiger partial charge in [0.05, 0.1) is 0 Å². The summed E-state index contributed by atoms with van der Waals surface area (Å²) in [5, 5.41) is 9.39. The largest absolute Gasteiger partial charge is 0.480 e. The van der Waals surface area contributed by atoms with Crippen molar-refractivity contribution in [1.82, 2.24) is 4.90 Å². The molecule has 2 unspecified atom stereocenters. The fourth-order valence-electron chi connectivity index (χ4n) is 2.71. The Kier molecular flexibility index (Phi) is 4.88. The summed E-state index contributed by atoms with van der Waals surface area (Å²) >= 11 is 3.29. The summed E-state index contributed by atoms with van der Waals surface area (Å²) in [5.41, 5.74) is 6.72. The van der Waals surface area contributed by atoms with Crippen LogP contribution < -0.4 is 5.73 Å². The van der Waals surface area contributed by atoms with E-state index in [0.717, 1.165) is 12.8 Å². The number of aliphatic carboxylic acids is 1. The van der Waals surface area contributed by atoms with E-state index >= 15 is 0 Å². The molecule has 1 heterocycles. The number of nitrogens with two attached hydrogens (primary N) is 1. The number of amides is 1. The van der Waals surface area contributed by atoms with E-state index in [1.807, 2.05) is 0 Å². The predicted molar refractivity (Wildman–Crippen MR) is 84.0 cm³/mol. The second-order valence-electron chi connectivity index (χ2n) is 5.39. The van der Waals surface area contributed by atoms with E-state index in [-0.39, 0.29) is 5.91 Å². The van der Waals surface area contributed by atoms with E-state index in [4.69, 9.17) is 5.73 Å². The number of carboxylic acid groups (broad SMARTS) is 1. The third-order valence-corrected chi connectivity index (χ3v) is 4.77. The molecule has 0 aliphatic carbocycles. The number of nitrogens with zero attached hydrogens (tertiary/aromatic N) is 1. The minimum Gasteiger partial charge on any atom is -0.480 e. The van der Waals surface area contributed by atoms with Crippen LogP contribution in [0.5, 0.6) is 0 Å². The van der Waals surface area contributed by atoms with Gasteiger partial charge in [0.2, 0.25) is 0 Å². The molecule has 3 N–H and O–H groups in total. The van der Waals surface area contributed by atoms with Gasteiger partial charge in [-0.25, -0.2) is 4.79 Å². The van der Waals surface area contributed by atoms with E-state index in [2.05, 4.69) is 22.9 Å². The number of hydrogen-bond acceptors (Lipinski definition) is 3. The molecule has 1 aliphatic heterocycles. The molecule has 1 aromatic carbocycles. The van der Waals surface area contributed by atoms with Crippen LogP contribution in [0.1, 0.15) is 36.5 Å². The summed E-state index contributed by atoms with van der Waals surface area (Å²) in [4.78, 5) is 25.5. The minimum atomic E-state index is -0.934. The zero-order valence-corrected chi connectivity index (χ0v) is 13.5. The predicted octanol–water partition coefficient (Wildman–Crippen LogP) is 2.75.